The van der Waals surface area contributed by atoms with E-state index in [0.29, 0.717) is 19.1 Å². The zero-order chi connectivity index (χ0) is 15.4. The molecule has 5 nitrogen and oxygen atoms in total. The number of halogens is 2. The normalized spacial score (nSPS) is 11.8. The molecule has 2 aromatic rings. The van der Waals surface area contributed by atoms with E-state index < -0.39 is 6.43 Å². The maximum absolute atomic E-state index is 12.4. The summed E-state index contributed by atoms with van der Waals surface area (Å²) in [5, 5.41) is 11.7. The van der Waals surface area contributed by atoms with Crippen molar-refractivity contribution in [2.24, 2.45) is 0 Å². The fourth-order valence-electron chi connectivity index (χ4n) is 2.06. The number of nitrogens with zero attached hydrogens (tertiary/aromatic N) is 4. The minimum absolute atomic E-state index is 0.341. The Morgan fingerprint density at radius 3 is 2.67 bits per heavy atom. The lowest BCUT2D eigenvalue weighted by atomic mass is 10.2. The number of hydrogen-bond acceptors (Lipinski definition) is 3. The van der Waals surface area contributed by atoms with E-state index in [1.165, 1.54) is 4.68 Å². The molecule has 0 spiro atoms. The van der Waals surface area contributed by atoms with Gasteiger partial charge in [0.2, 0.25) is 0 Å². The highest BCUT2D eigenvalue weighted by atomic mass is 19.3. The number of hydrogen-bond donors (Lipinski definition) is 1. The van der Waals surface area contributed by atoms with Gasteiger partial charge in [-0.2, -0.15) is 10.2 Å². The minimum Gasteiger partial charge on any atom is -0.307 e. The third-order valence-corrected chi connectivity index (χ3v) is 3.33. The molecule has 0 unspecified atom stereocenters. The van der Waals surface area contributed by atoms with Crippen LogP contribution in [0, 0.1) is 6.92 Å². The first kappa shape index (κ1) is 15.6. The van der Waals surface area contributed by atoms with Gasteiger partial charge < -0.3 is 5.32 Å². The van der Waals surface area contributed by atoms with Crippen molar-refractivity contribution in [3.05, 3.63) is 35.4 Å². The molecule has 0 fully saturated rings. The van der Waals surface area contributed by atoms with Crippen molar-refractivity contribution in [2.45, 2.75) is 52.9 Å². The Hall–Kier alpha value is -1.76. The van der Waals surface area contributed by atoms with Gasteiger partial charge in [0.05, 0.1) is 11.9 Å². The van der Waals surface area contributed by atoms with Crippen LogP contribution >= 0.6 is 0 Å². The van der Waals surface area contributed by atoms with Gasteiger partial charge in [0.15, 0.2) is 0 Å². The van der Waals surface area contributed by atoms with Crippen LogP contribution in [0.1, 0.15) is 36.8 Å². The molecule has 0 aliphatic carbocycles. The van der Waals surface area contributed by atoms with E-state index in [0.717, 1.165) is 17.0 Å². The number of rotatable bonds is 7. The largest absolute Gasteiger partial charge is 0.307 e. The lowest BCUT2D eigenvalue weighted by Gasteiger charge is -2.06. The van der Waals surface area contributed by atoms with Crippen molar-refractivity contribution in [1.29, 1.82) is 0 Å². The van der Waals surface area contributed by atoms with Crippen LogP contribution in [0.5, 0.6) is 0 Å². The van der Waals surface area contributed by atoms with E-state index >= 15 is 0 Å². The van der Waals surface area contributed by atoms with Crippen LogP contribution in [0.25, 0.3) is 0 Å². The van der Waals surface area contributed by atoms with E-state index in [9.17, 15) is 8.78 Å². The summed E-state index contributed by atoms with van der Waals surface area (Å²) in [6.07, 6.45) is 1.20. The zero-order valence-electron chi connectivity index (χ0n) is 12.6. The van der Waals surface area contributed by atoms with E-state index in [2.05, 4.69) is 29.4 Å². The van der Waals surface area contributed by atoms with Crippen LogP contribution in [0.3, 0.4) is 0 Å². The highest BCUT2D eigenvalue weighted by molar-refractivity contribution is 5.16. The Kier molecular flexibility index (Phi) is 5.06. The summed E-state index contributed by atoms with van der Waals surface area (Å²) < 4.78 is 28.0. The molecule has 7 heteroatoms. The second-order valence-electron chi connectivity index (χ2n) is 5.31. The average Bonchev–Trinajstić information content (AvgIpc) is 3.00. The molecule has 2 heterocycles. The number of nitrogens with one attached hydrogen (secondary N) is 1. The topological polar surface area (TPSA) is 47.7 Å². The summed E-state index contributed by atoms with van der Waals surface area (Å²) in [6, 6.07) is 2.31. The highest BCUT2D eigenvalue weighted by Gasteiger charge is 2.10. The van der Waals surface area contributed by atoms with Gasteiger partial charge in [0.1, 0.15) is 6.54 Å². The fraction of sp³-hybridized carbons (Fsp3) is 0.571. The Morgan fingerprint density at radius 2 is 2.05 bits per heavy atom. The van der Waals surface area contributed by atoms with E-state index in [-0.39, 0.29) is 6.54 Å². The van der Waals surface area contributed by atoms with Crippen molar-refractivity contribution in [1.82, 2.24) is 24.9 Å². The van der Waals surface area contributed by atoms with Gasteiger partial charge in [0, 0.05) is 36.6 Å². The lowest BCUT2D eigenvalue weighted by molar-refractivity contribution is 0.121. The molecule has 0 amide bonds. The molecule has 0 radical (unpaired) electrons. The summed E-state index contributed by atoms with van der Waals surface area (Å²) in [7, 11) is 0. The third-order valence-electron chi connectivity index (χ3n) is 3.33. The average molecular weight is 297 g/mol. The Labute approximate surface area is 123 Å². The van der Waals surface area contributed by atoms with Crippen molar-refractivity contribution in [2.75, 3.05) is 0 Å². The molecular formula is C14H21F2N5. The molecule has 0 aliphatic rings. The summed E-state index contributed by atoms with van der Waals surface area (Å²) in [4.78, 5) is 0. The molecule has 1 N–H and O–H groups in total. The van der Waals surface area contributed by atoms with Crippen LogP contribution in [0.4, 0.5) is 8.78 Å². The van der Waals surface area contributed by atoms with Crippen LogP contribution in [0.15, 0.2) is 18.5 Å². The van der Waals surface area contributed by atoms with Crippen LogP contribution in [-0.4, -0.2) is 26.0 Å². The number of aromatic nitrogens is 4. The molecule has 2 rings (SSSR count). The first-order chi connectivity index (χ1) is 9.97. The second-order valence-corrected chi connectivity index (χ2v) is 5.31. The maximum Gasteiger partial charge on any atom is 0.257 e. The smallest absolute Gasteiger partial charge is 0.257 e. The fourth-order valence-corrected chi connectivity index (χ4v) is 2.06. The molecular weight excluding hydrogens is 276 g/mol. The molecule has 116 valence electrons. The molecule has 0 saturated heterocycles. The van der Waals surface area contributed by atoms with Gasteiger partial charge in [-0.1, -0.05) is 0 Å². The predicted octanol–water partition coefficient (Wildman–Crippen LogP) is 2.52. The highest BCUT2D eigenvalue weighted by Crippen LogP contribution is 2.10. The van der Waals surface area contributed by atoms with Gasteiger partial charge in [-0.3, -0.25) is 9.36 Å². The molecule has 0 bridgehead atoms. The van der Waals surface area contributed by atoms with Gasteiger partial charge in [-0.25, -0.2) is 8.78 Å². The summed E-state index contributed by atoms with van der Waals surface area (Å²) in [5.41, 5.74) is 2.66. The molecule has 0 aromatic carbocycles. The first-order valence-corrected chi connectivity index (χ1v) is 7.01. The third kappa shape index (κ3) is 4.10. The lowest BCUT2D eigenvalue weighted by Crippen LogP contribution is -2.15. The van der Waals surface area contributed by atoms with Crippen LogP contribution < -0.4 is 5.32 Å². The van der Waals surface area contributed by atoms with Crippen molar-refractivity contribution < 1.29 is 8.78 Å². The van der Waals surface area contributed by atoms with Gasteiger partial charge in [-0.15, -0.1) is 0 Å². The molecule has 21 heavy (non-hydrogen) atoms. The Balaban J connectivity index is 1.87. The predicted molar refractivity (Wildman–Crippen MR) is 76.1 cm³/mol. The first-order valence-electron chi connectivity index (χ1n) is 7.01. The maximum atomic E-state index is 12.4. The monoisotopic (exact) mass is 297 g/mol. The Bertz CT molecular complexity index is 574. The van der Waals surface area contributed by atoms with E-state index in [1.54, 1.807) is 13.1 Å². The molecule has 2 aromatic heterocycles. The standard InChI is InChI=1S/C14H21F2N5/c1-10(2)20-5-4-13(19-20)8-17-6-12-7-18-21(11(12)3)9-14(15)16/h4-5,7,10,14,17H,6,8-9H2,1-3H3. The zero-order valence-corrected chi connectivity index (χ0v) is 12.6. The van der Waals surface area contributed by atoms with Crippen molar-refractivity contribution in [3.63, 3.8) is 0 Å². The second kappa shape index (κ2) is 6.80. The molecule has 0 saturated carbocycles. The molecule has 0 atom stereocenters. The van der Waals surface area contributed by atoms with Crippen molar-refractivity contribution >= 4 is 0 Å². The number of alkyl halides is 2. The summed E-state index contributed by atoms with van der Waals surface area (Å²) in [6.45, 7) is 6.82. The summed E-state index contributed by atoms with van der Waals surface area (Å²) in [5.74, 6) is 0. The summed E-state index contributed by atoms with van der Waals surface area (Å²) >= 11 is 0. The van der Waals surface area contributed by atoms with Crippen LogP contribution in [0.2, 0.25) is 0 Å². The quantitative estimate of drug-likeness (QED) is 0.854. The van der Waals surface area contributed by atoms with Gasteiger partial charge >= 0.3 is 0 Å². The SMILES string of the molecule is Cc1c(CNCc2ccn(C(C)C)n2)cnn1CC(F)F. The van der Waals surface area contributed by atoms with E-state index in [4.69, 9.17) is 0 Å². The van der Waals surface area contributed by atoms with Gasteiger partial charge in [-0.05, 0) is 26.8 Å². The van der Waals surface area contributed by atoms with Crippen LogP contribution in [-0.2, 0) is 19.6 Å². The minimum atomic E-state index is -2.38. The van der Waals surface area contributed by atoms with Gasteiger partial charge in [0.25, 0.3) is 6.43 Å². The van der Waals surface area contributed by atoms with E-state index in [1.807, 2.05) is 16.9 Å². The molecule has 0 aliphatic heterocycles. The Morgan fingerprint density at radius 1 is 1.29 bits per heavy atom. The van der Waals surface area contributed by atoms with Crippen molar-refractivity contribution in [3.8, 4) is 0 Å².